The fourth-order valence-electron chi connectivity index (χ4n) is 2.33. The van der Waals surface area contributed by atoms with E-state index in [1.807, 2.05) is 19.9 Å². The van der Waals surface area contributed by atoms with Crippen LogP contribution in [0.3, 0.4) is 0 Å². The van der Waals surface area contributed by atoms with Gasteiger partial charge >= 0.3 is 0 Å². The molecule has 1 aromatic carbocycles. The van der Waals surface area contributed by atoms with Crippen LogP contribution in [0.5, 0.6) is 0 Å². The molecule has 1 aromatic heterocycles. The maximum atomic E-state index is 13.5. The van der Waals surface area contributed by atoms with Crippen molar-refractivity contribution in [3.63, 3.8) is 0 Å². The van der Waals surface area contributed by atoms with E-state index in [0.717, 1.165) is 11.3 Å². The van der Waals surface area contributed by atoms with Crippen molar-refractivity contribution in [3.8, 4) is 0 Å². The van der Waals surface area contributed by atoms with Gasteiger partial charge in [0.1, 0.15) is 5.82 Å². The van der Waals surface area contributed by atoms with Crippen molar-refractivity contribution in [3.05, 3.63) is 68.9 Å². The van der Waals surface area contributed by atoms with Crippen molar-refractivity contribution in [2.24, 2.45) is 0 Å². The number of benzene rings is 1. The Hall–Kier alpha value is -2.43. The fraction of sp³-hybridized carbons (Fsp3) is 0.294. The minimum atomic E-state index is -0.305. The summed E-state index contributed by atoms with van der Waals surface area (Å²) < 4.78 is 13.5. The summed E-state index contributed by atoms with van der Waals surface area (Å²) >= 11 is 0. The number of hydrogen-bond acceptors (Lipinski definition) is 2. The van der Waals surface area contributed by atoms with Crippen LogP contribution in [0.1, 0.15) is 28.8 Å². The lowest BCUT2D eigenvalue weighted by molar-refractivity contribution is -0.121. The number of aromatic nitrogens is 1. The number of aryl methyl sites for hydroxylation is 3. The number of hydrogen-bond donors (Lipinski definition) is 2. The molecule has 0 aliphatic carbocycles. The number of pyridine rings is 1. The number of carbonyl (C=O) groups excluding carboxylic acids is 1. The molecule has 0 bridgehead atoms. The molecule has 0 atom stereocenters. The van der Waals surface area contributed by atoms with Crippen molar-refractivity contribution in [1.82, 2.24) is 10.3 Å². The van der Waals surface area contributed by atoms with Crippen LogP contribution >= 0.6 is 0 Å². The van der Waals surface area contributed by atoms with Crippen LogP contribution in [0.2, 0.25) is 0 Å². The molecule has 0 aliphatic rings. The lowest BCUT2D eigenvalue weighted by Gasteiger charge is -2.08. The molecule has 0 unspecified atom stereocenters. The van der Waals surface area contributed by atoms with Gasteiger partial charge in [0.05, 0.1) is 0 Å². The Morgan fingerprint density at radius 3 is 2.68 bits per heavy atom. The Kier molecular flexibility index (Phi) is 5.09. The van der Waals surface area contributed by atoms with Crippen molar-refractivity contribution < 1.29 is 9.18 Å². The molecule has 116 valence electrons. The molecule has 2 aromatic rings. The third kappa shape index (κ3) is 4.04. The third-order valence-electron chi connectivity index (χ3n) is 3.54. The predicted octanol–water partition coefficient (Wildman–Crippen LogP) is 2.38. The predicted molar refractivity (Wildman–Crippen MR) is 83.1 cm³/mol. The highest BCUT2D eigenvalue weighted by Gasteiger charge is 2.09. The highest BCUT2D eigenvalue weighted by atomic mass is 19.1. The van der Waals surface area contributed by atoms with Crippen LogP contribution in [-0.2, 0) is 17.8 Å². The van der Waals surface area contributed by atoms with E-state index in [-0.39, 0.29) is 30.2 Å². The fourth-order valence-corrected chi connectivity index (χ4v) is 2.33. The zero-order valence-electron chi connectivity index (χ0n) is 12.7. The average molecular weight is 302 g/mol. The lowest BCUT2D eigenvalue weighted by Crippen LogP contribution is -2.28. The van der Waals surface area contributed by atoms with Crippen LogP contribution in [0.15, 0.2) is 35.1 Å². The van der Waals surface area contributed by atoms with Gasteiger partial charge in [-0.25, -0.2) is 4.39 Å². The Bertz CT molecular complexity index is 738. The summed E-state index contributed by atoms with van der Waals surface area (Å²) in [6, 6.07) is 8.26. The molecule has 0 aliphatic heterocycles. The number of nitrogens with one attached hydrogen (secondary N) is 2. The van der Waals surface area contributed by atoms with Crippen LogP contribution < -0.4 is 10.9 Å². The normalized spacial score (nSPS) is 10.5. The van der Waals surface area contributed by atoms with E-state index in [0.29, 0.717) is 17.5 Å². The van der Waals surface area contributed by atoms with E-state index < -0.39 is 0 Å². The van der Waals surface area contributed by atoms with Crippen LogP contribution in [0.25, 0.3) is 0 Å². The average Bonchev–Trinajstić information content (AvgIpc) is 2.45. The largest absolute Gasteiger partial charge is 0.352 e. The Morgan fingerprint density at radius 2 is 2.00 bits per heavy atom. The van der Waals surface area contributed by atoms with Gasteiger partial charge in [0.15, 0.2) is 0 Å². The molecule has 1 heterocycles. The maximum Gasteiger partial charge on any atom is 0.253 e. The van der Waals surface area contributed by atoms with E-state index in [1.54, 1.807) is 18.2 Å². The first-order valence-corrected chi connectivity index (χ1v) is 7.17. The standard InChI is InChI=1S/C17H19FN2O2/c1-11-9-12(2)20-17(22)14(11)10-19-16(21)8-7-13-5-3-4-6-15(13)18/h3-6,9H,7-8,10H2,1-2H3,(H,19,21)(H,20,22). The number of H-pyrrole nitrogens is 1. The van der Waals surface area contributed by atoms with Crippen LogP contribution in [-0.4, -0.2) is 10.9 Å². The number of rotatable bonds is 5. The molecule has 0 fully saturated rings. The number of aromatic amines is 1. The molecule has 22 heavy (non-hydrogen) atoms. The minimum absolute atomic E-state index is 0.178. The third-order valence-corrected chi connectivity index (χ3v) is 3.54. The Balaban J connectivity index is 1.91. The summed E-state index contributed by atoms with van der Waals surface area (Å²) in [5.74, 6) is -0.510. The lowest BCUT2D eigenvalue weighted by atomic mass is 10.1. The van der Waals surface area contributed by atoms with E-state index in [2.05, 4.69) is 10.3 Å². The molecular weight excluding hydrogens is 283 g/mol. The molecule has 0 spiro atoms. The Morgan fingerprint density at radius 1 is 1.27 bits per heavy atom. The van der Waals surface area contributed by atoms with Gasteiger partial charge in [0, 0.05) is 24.2 Å². The summed E-state index contributed by atoms with van der Waals surface area (Å²) in [7, 11) is 0. The first kappa shape index (κ1) is 15.9. The molecular formula is C17H19FN2O2. The smallest absolute Gasteiger partial charge is 0.253 e. The molecule has 2 N–H and O–H groups in total. The maximum absolute atomic E-state index is 13.5. The van der Waals surface area contributed by atoms with Crippen molar-refractivity contribution in [2.75, 3.05) is 0 Å². The topological polar surface area (TPSA) is 62.0 Å². The van der Waals surface area contributed by atoms with E-state index in [1.165, 1.54) is 6.07 Å². The van der Waals surface area contributed by atoms with Crippen molar-refractivity contribution in [1.29, 1.82) is 0 Å². The van der Waals surface area contributed by atoms with Gasteiger partial charge < -0.3 is 10.3 Å². The van der Waals surface area contributed by atoms with Gasteiger partial charge in [0.25, 0.3) is 5.56 Å². The van der Waals surface area contributed by atoms with Crippen molar-refractivity contribution >= 4 is 5.91 Å². The molecule has 5 heteroatoms. The van der Waals surface area contributed by atoms with Gasteiger partial charge in [-0.1, -0.05) is 18.2 Å². The molecule has 0 saturated heterocycles. The van der Waals surface area contributed by atoms with Gasteiger partial charge in [-0.3, -0.25) is 9.59 Å². The van der Waals surface area contributed by atoms with Gasteiger partial charge in [-0.2, -0.15) is 0 Å². The number of amides is 1. The summed E-state index contributed by atoms with van der Waals surface area (Å²) in [6.45, 7) is 3.83. The highest BCUT2D eigenvalue weighted by Crippen LogP contribution is 2.09. The van der Waals surface area contributed by atoms with Gasteiger partial charge in [-0.05, 0) is 43.5 Å². The second-order valence-electron chi connectivity index (χ2n) is 5.31. The summed E-state index contributed by atoms with van der Waals surface area (Å²) in [4.78, 5) is 26.4. The molecule has 0 radical (unpaired) electrons. The second kappa shape index (κ2) is 7.02. The van der Waals surface area contributed by atoms with Crippen molar-refractivity contribution in [2.45, 2.75) is 33.2 Å². The summed E-state index contributed by atoms with van der Waals surface area (Å²) in [5, 5.41) is 2.71. The first-order chi connectivity index (χ1) is 10.5. The minimum Gasteiger partial charge on any atom is -0.352 e. The van der Waals surface area contributed by atoms with Crippen LogP contribution in [0.4, 0.5) is 4.39 Å². The van der Waals surface area contributed by atoms with E-state index in [9.17, 15) is 14.0 Å². The zero-order chi connectivity index (χ0) is 16.1. The van der Waals surface area contributed by atoms with E-state index in [4.69, 9.17) is 0 Å². The number of halogens is 1. The molecule has 2 rings (SSSR count). The molecule has 0 saturated carbocycles. The van der Waals surface area contributed by atoms with E-state index >= 15 is 0 Å². The monoisotopic (exact) mass is 302 g/mol. The molecule has 1 amide bonds. The van der Waals surface area contributed by atoms with Gasteiger partial charge in [-0.15, -0.1) is 0 Å². The zero-order valence-corrected chi connectivity index (χ0v) is 12.7. The summed E-state index contributed by atoms with van der Waals surface area (Å²) in [5.41, 5.74) is 2.51. The highest BCUT2D eigenvalue weighted by molar-refractivity contribution is 5.76. The Labute approximate surface area is 128 Å². The molecule has 4 nitrogen and oxygen atoms in total. The van der Waals surface area contributed by atoms with Crippen LogP contribution in [0, 0.1) is 19.7 Å². The number of carbonyl (C=O) groups is 1. The second-order valence-corrected chi connectivity index (χ2v) is 5.31. The quantitative estimate of drug-likeness (QED) is 0.891. The first-order valence-electron chi connectivity index (χ1n) is 7.17. The van der Waals surface area contributed by atoms with Gasteiger partial charge in [0.2, 0.25) is 5.91 Å². The SMILES string of the molecule is Cc1cc(C)c(CNC(=O)CCc2ccccc2F)c(=O)[nH]1. The summed E-state index contributed by atoms with van der Waals surface area (Å²) in [6.07, 6.45) is 0.519.